The van der Waals surface area contributed by atoms with Gasteiger partial charge in [0, 0.05) is 5.38 Å². The number of carbonyl (C=O) groups excluding carboxylic acids is 2. The Labute approximate surface area is 153 Å². The number of benzene rings is 2. The molecule has 0 fully saturated rings. The molecule has 0 radical (unpaired) electrons. The predicted octanol–water partition coefficient (Wildman–Crippen LogP) is 3.73. The molecule has 6 nitrogen and oxygen atoms in total. The molecule has 0 saturated carbocycles. The van der Waals surface area contributed by atoms with Crippen LogP contribution in [0.25, 0.3) is 11.0 Å². The summed E-state index contributed by atoms with van der Waals surface area (Å²) in [6, 6.07) is 16.1. The number of amides is 2. The van der Waals surface area contributed by atoms with Crippen LogP contribution in [0, 0.1) is 0 Å². The first-order chi connectivity index (χ1) is 12.7. The molecule has 2 aromatic heterocycles. The van der Waals surface area contributed by atoms with Crippen LogP contribution in [0.1, 0.15) is 20.7 Å². The zero-order chi connectivity index (χ0) is 17.9. The highest BCUT2D eigenvalue weighted by atomic mass is 32.1. The maximum atomic E-state index is 12.7. The van der Waals surface area contributed by atoms with Gasteiger partial charge in [0.1, 0.15) is 6.33 Å². The fourth-order valence-corrected chi connectivity index (χ4v) is 3.23. The van der Waals surface area contributed by atoms with E-state index >= 15 is 0 Å². The maximum Gasteiger partial charge on any atom is 0.272 e. The molecule has 0 aliphatic heterocycles. The molecular formula is C19H14N4O2S. The van der Waals surface area contributed by atoms with Gasteiger partial charge in [0.15, 0.2) is 0 Å². The summed E-state index contributed by atoms with van der Waals surface area (Å²) >= 11 is 1.44. The quantitative estimate of drug-likeness (QED) is 0.581. The van der Waals surface area contributed by atoms with Crippen molar-refractivity contribution in [3.63, 3.8) is 0 Å². The third kappa shape index (κ3) is 3.07. The lowest BCUT2D eigenvalue weighted by Crippen LogP contribution is -2.24. The van der Waals surface area contributed by atoms with Crippen LogP contribution >= 0.6 is 11.3 Å². The van der Waals surface area contributed by atoms with Gasteiger partial charge in [-0.2, -0.15) is 11.3 Å². The fraction of sp³-hybridized carbons (Fsp3) is 0. The molecule has 2 aromatic carbocycles. The summed E-state index contributed by atoms with van der Waals surface area (Å²) in [6.07, 6.45) is 1.55. The molecule has 4 rings (SSSR count). The molecule has 128 valence electrons. The van der Waals surface area contributed by atoms with Crippen LogP contribution in [-0.2, 0) is 0 Å². The zero-order valence-electron chi connectivity index (χ0n) is 13.5. The molecule has 0 atom stereocenters. The summed E-state index contributed by atoms with van der Waals surface area (Å²) in [7, 11) is 0. The number of hydrogen-bond acceptors (Lipinski definition) is 4. The van der Waals surface area contributed by atoms with E-state index in [0.717, 1.165) is 11.0 Å². The third-order valence-corrected chi connectivity index (χ3v) is 4.56. The number of anilines is 1. The largest absolute Gasteiger partial charge is 0.321 e. The number of nitrogens with one attached hydrogen (secondary N) is 2. The number of nitrogens with zero attached hydrogens (tertiary/aromatic N) is 2. The minimum absolute atomic E-state index is 0.250. The Kier molecular flexibility index (Phi) is 4.20. The Bertz CT molecular complexity index is 1090. The average molecular weight is 362 g/mol. The van der Waals surface area contributed by atoms with Gasteiger partial charge in [-0.25, -0.2) is 9.66 Å². The number of aromatic nitrogens is 2. The molecule has 0 aliphatic carbocycles. The van der Waals surface area contributed by atoms with Crippen molar-refractivity contribution >= 4 is 39.9 Å². The maximum absolute atomic E-state index is 12.7. The smallest absolute Gasteiger partial charge is 0.272 e. The van der Waals surface area contributed by atoms with Crippen molar-refractivity contribution in [3.05, 3.63) is 82.8 Å². The standard InChI is InChI=1S/C19H14N4O2S/c24-18(13-9-10-26-11-13)21-15-6-2-1-5-14(15)19(25)22-23-12-20-16-7-3-4-8-17(16)23/h1-12H,(H,21,24)(H,22,25). The van der Waals surface area contributed by atoms with Crippen LogP contribution in [0.2, 0.25) is 0 Å². The lowest BCUT2D eigenvalue weighted by molar-refractivity contribution is 0.101. The van der Waals surface area contributed by atoms with Crippen LogP contribution in [-0.4, -0.2) is 21.5 Å². The summed E-state index contributed by atoms with van der Waals surface area (Å²) in [4.78, 5) is 29.3. The Hall–Kier alpha value is -3.45. The molecule has 0 aliphatic rings. The summed E-state index contributed by atoms with van der Waals surface area (Å²) < 4.78 is 1.56. The second-order valence-corrected chi connectivity index (χ2v) is 6.34. The molecule has 0 spiro atoms. The van der Waals surface area contributed by atoms with Gasteiger partial charge in [-0.3, -0.25) is 15.0 Å². The highest BCUT2D eigenvalue weighted by molar-refractivity contribution is 7.08. The van der Waals surface area contributed by atoms with E-state index in [1.807, 2.05) is 29.6 Å². The Morgan fingerprint density at radius 1 is 0.962 bits per heavy atom. The molecule has 0 bridgehead atoms. The highest BCUT2D eigenvalue weighted by Crippen LogP contribution is 2.18. The summed E-state index contributed by atoms with van der Waals surface area (Å²) in [6.45, 7) is 0. The van der Waals surface area contributed by atoms with Crippen LogP contribution in [0.3, 0.4) is 0 Å². The van der Waals surface area contributed by atoms with E-state index in [1.165, 1.54) is 11.3 Å². The van der Waals surface area contributed by atoms with E-state index in [2.05, 4.69) is 15.7 Å². The van der Waals surface area contributed by atoms with Crippen molar-refractivity contribution in [2.75, 3.05) is 10.7 Å². The molecule has 0 saturated heterocycles. The third-order valence-electron chi connectivity index (χ3n) is 3.88. The fourth-order valence-electron chi connectivity index (χ4n) is 2.60. The van der Waals surface area contributed by atoms with E-state index in [9.17, 15) is 9.59 Å². The Morgan fingerprint density at radius 3 is 2.62 bits per heavy atom. The zero-order valence-corrected chi connectivity index (χ0v) is 14.4. The second kappa shape index (κ2) is 6.81. The van der Waals surface area contributed by atoms with Gasteiger partial charge in [0.05, 0.1) is 27.8 Å². The first-order valence-electron chi connectivity index (χ1n) is 7.88. The predicted molar refractivity (Wildman–Crippen MR) is 102 cm³/mol. The minimum atomic E-state index is -0.339. The average Bonchev–Trinajstić information content (AvgIpc) is 3.33. The molecule has 26 heavy (non-hydrogen) atoms. The van der Waals surface area contributed by atoms with Crippen molar-refractivity contribution in [2.45, 2.75) is 0 Å². The van der Waals surface area contributed by atoms with Gasteiger partial charge in [0.25, 0.3) is 11.8 Å². The summed E-state index contributed by atoms with van der Waals surface area (Å²) in [5, 5.41) is 6.38. The number of rotatable bonds is 4. The van der Waals surface area contributed by atoms with Crippen molar-refractivity contribution < 1.29 is 9.59 Å². The van der Waals surface area contributed by atoms with E-state index in [4.69, 9.17) is 0 Å². The van der Waals surface area contributed by atoms with E-state index < -0.39 is 0 Å². The number of thiophene rings is 1. The molecule has 2 heterocycles. The lowest BCUT2D eigenvalue weighted by Gasteiger charge is -2.12. The summed E-state index contributed by atoms with van der Waals surface area (Å²) in [5.74, 6) is -0.589. The van der Waals surface area contributed by atoms with Crippen LogP contribution in [0.4, 0.5) is 5.69 Å². The molecule has 7 heteroatoms. The van der Waals surface area contributed by atoms with Crippen molar-refractivity contribution in [1.82, 2.24) is 9.66 Å². The van der Waals surface area contributed by atoms with Gasteiger partial charge < -0.3 is 5.32 Å². The molecule has 4 aromatic rings. The van der Waals surface area contributed by atoms with Crippen LogP contribution in [0.5, 0.6) is 0 Å². The molecule has 2 amide bonds. The van der Waals surface area contributed by atoms with E-state index in [0.29, 0.717) is 16.8 Å². The van der Waals surface area contributed by atoms with Gasteiger partial charge >= 0.3 is 0 Å². The Balaban J connectivity index is 1.59. The molecule has 2 N–H and O–H groups in total. The monoisotopic (exact) mass is 362 g/mol. The van der Waals surface area contributed by atoms with Crippen LogP contribution in [0.15, 0.2) is 71.7 Å². The summed E-state index contributed by atoms with van der Waals surface area (Å²) in [5.41, 5.74) is 5.75. The topological polar surface area (TPSA) is 76.0 Å². The van der Waals surface area contributed by atoms with Crippen molar-refractivity contribution in [1.29, 1.82) is 0 Å². The van der Waals surface area contributed by atoms with Gasteiger partial charge in [-0.05, 0) is 35.7 Å². The number of para-hydroxylation sites is 3. The van der Waals surface area contributed by atoms with Gasteiger partial charge in [-0.1, -0.05) is 24.3 Å². The second-order valence-electron chi connectivity index (χ2n) is 5.56. The number of carbonyl (C=O) groups is 2. The first kappa shape index (κ1) is 16.0. The van der Waals surface area contributed by atoms with E-state index in [1.54, 1.807) is 46.7 Å². The highest BCUT2D eigenvalue weighted by Gasteiger charge is 2.15. The molecule has 0 unspecified atom stereocenters. The van der Waals surface area contributed by atoms with Crippen molar-refractivity contribution in [2.24, 2.45) is 0 Å². The number of hydrogen-bond donors (Lipinski definition) is 2. The molecular weight excluding hydrogens is 348 g/mol. The van der Waals surface area contributed by atoms with Crippen LogP contribution < -0.4 is 10.7 Å². The normalized spacial score (nSPS) is 10.6. The van der Waals surface area contributed by atoms with Gasteiger partial charge in [-0.15, -0.1) is 0 Å². The Morgan fingerprint density at radius 2 is 1.77 bits per heavy atom. The van der Waals surface area contributed by atoms with E-state index in [-0.39, 0.29) is 11.8 Å². The van der Waals surface area contributed by atoms with Gasteiger partial charge in [0.2, 0.25) is 0 Å². The minimum Gasteiger partial charge on any atom is -0.321 e. The number of imidazole rings is 1. The number of fused-ring (bicyclic) bond motifs is 1. The van der Waals surface area contributed by atoms with Crippen molar-refractivity contribution in [3.8, 4) is 0 Å². The lowest BCUT2D eigenvalue weighted by atomic mass is 10.1. The first-order valence-corrected chi connectivity index (χ1v) is 8.83. The SMILES string of the molecule is O=C(Nc1ccccc1C(=O)Nn1cnc2ccccc21)c1ccsc1.